The second-order valence-electron chi connectivity index (χ2n) is 5.17. The normalized spacial score (nSPS) is 16.8. The quantitative estimate of drug-likeness (QED) is 0.843. The van der Waals surface area contributed by atoms with Gasteiger partial charge in [0, 0.05) is 13.2 Å². The Kier molecular flexibility index (Phi) is 3.25. The first-order valence-electron chi connectivity index (χ1n) is 6.49. The standard InChI is InChI=1S/C12H15F2N5O/c13-10(14)11-17-16-9-2-1-8(18-19(9)11)15-7-12(3-4-12)5-6-20/h1-2,10,20H,3-7H2,(H,15,18). The van der Waals surface area contributed by atoms with E-state index >= 15 is 0 Å². The fourth-order valence-electron chi connectivity index (χ4n) is 2.24. The summed E-state index contributed by atoms with van der Waals surface area (Å²) in [5.41, 5.74) is 0.423. The lowest BCUT2D eigenvalue weighted by Crippen LogP contribution is -2.18. The highest BCUT2D eigenvalue weighted by atomic mass is 19.3. The molecule has 1 fully saturated rings. The van der Waals surface area contributed by atoms with Crippen LogP contribution in [0.4, 0.5) is 14.6 Å². The Labute approximate surface area is 113 Å². The number of aliphatic hydroxyl groups is 1. The van der Waals surface area contributed by atoms with Crippen LogP contribution in [0, 0.1) is 5.41 Å². The Balaban J connectivity index is 1.77. The molecule has 0 saturated heterocycles. The second kappa shape index (κ2) is 4.93. The van der Waals surface area contributed by atoms with Gasteiger partial charge in [0.05, 0.1) is 0 Å². The van der Waals surface area contributed by atoms with Crippen LogP contribution in [0.2, 0.25) is 0 Å². The predicted molar refractivity (Wildman–Crippen MR) is 67.6 cm³/mol. The van der Waals surface area contributed by atoms with Crippen LogP contribution >= 0.6 is 0 Å². The average molecular weight is 283 g/mol. The minimum Gasteiger partial charge on any atom is -0.396 e. The third-order valence-corrected chi connectivity index (χ3v) is 3.73. The third kappa shape index (κ3) is 2.43. The fraction of sp³-hybridized carbons (Fsp3) is 0.583. The molecule has 0 amide bonds. The Hall–Kier alpha value is -1.83. The summed E-state index contributed by atoms with van der Waals surface area (Å²) >= 11 is 0. The molecule has 2 aromatic heterocycles. The van der Waals surface area contributed by atoms with Crippen LogP contribution < -0.4 is 5.32 Å². The van der Waals surface area contributed by atoms with Crippen molar-refractivity contribution >= 4 is 11.5 Å². The van der Waals surface area contributed by atoms with Crippen LogP contribution in [0.3, 0.4) is 0 Å². The second-order valence-corrected chi connectivity index (χ2v) is 5.17. The number of fused-ring (bicyclic) bond motifs is 1. The molecule has 2 aromatic rings. The number of hydrogen-bond donors (Lipinski definition) is 2. The molecule has 0 bridgehead atoms. The molecule has 20 heavy (non-hydrogen) atoms. The first kappa shape index (κ1) is 13.2. The van der Waals surface area contributed by atoms with Gasteiger partial charge in [0.25, 0.3) is 6.43 Å². The number of halogens is 2. The van der Waals surface area contributed by atoms with Gasteiger partial charge >= 0.3 is 0 Å². The number of rotatable bonds is 6. The molecule has 3 rings (SSSR count). The molecule has 1 saturated carbocycles. The molecule has 1 aliphatic rings. The van der Waals surface area contributed by atoms with Crippen LogP contribution in [-0.4, -0.2) is 38.1 Å². The van der Waals surface area contributed by atoms with E-state index in [1.54, 1.807) is 12.1 Å². The maximum absolute atomic E-state index is 12.7. The van der Waals surface area contributed by atoms with Gasteiger partial charge < -0.3 is 10.4 Å². The average Bonchev–Trinajstić information content (AvgIpc) is 3.06. The van der Waals surface area contributed by atoms with E-state index in [1.807, 2.05) is 0 Å². The molecule has 0 unspecified atom stereocenters. The third-order valence-electron chi connectivity index (χ3n) is 3.73. The summed E-state index contributed by atoms with van der Waals surface area (Å²) in [7, 11) is 0. The van der Waals surface area contributed by atoms with E-state index in [-0.39, 0.29) is 12.0 Å². The van der Waals surface area contributed by atoms with Crippen LogP contribution in [0.5, 0.6) is 0 Å². The van der Waals surface area contributed by atoms with Crippen molar-refractivity contribution in [3.8, 4) is 0 Å². The first-order chi connectivity index (χ1) is 9.63. The molecular weight excluding hydrogens is 268 g/mol. The van der Waals surface area contributed by atoms with Crippen molar-refractivity contribution in [1.29, 1.82) is 0 Å². The van der Waals surface area contributed by atoms with E-state index in [0.29, 0.717) is 18.0 Å². The summed E-state index contributed by atoms with van der Waals surface area (Å²) in [6.07, 6.45) is 0.170. The maximum Gasteiger partial charge on any atom is 0.299 e. The van der Waals surface area contributed by atoms with Crippen molar-refractivity contribution < 1.29 is 13.9 Å². The summed E-state index contributed by atoms with van der Waals surface area (Å²) in [6.45, 7) is 0.841. The number of anilines is 1. The molecule has 1 aliphatic carbocycles. The van der Waals surface area contributed by atoms with Crippen LogP contribution in [0.1, 0.15) is 31.5 Å². The van der Waals surface area contributed by atoms with Crippen molar-refractivity contribution in [2.45, 2.75) is 25.7 Å². The van der Waals surface area contributed by atoms with Gasteiger partial charge in [0.15, 0.2) is 5.65 Å². The molecule has 6 nitrogen and oxygen atoms in total. The van der Waals surface area contributed by atoms with Gasteiger partial charge in [-0.05, 0) is 36.8 Å². The van der Waals surface area contributed by atoms with Crippen LogP contribution in [0.15, 0.2) is 12.1 Å². The van der Waals surface area contributed by atoms with Crippen LogP contribution in [0.25, 0.3) is 5.65 Å². The summed E-state index contributed by atoms with van der Waals surface area (Å²) in [5, 5.41) is 23.3. The maximum atomic E-state index is 12.7. The van der Waals surface area contributed by atoms with E-state index in [0.717, 1.165) is 23.8 Å². The smallest absolute Gasteiger partial charge is 0.299 e. The Morgan fingerprint density at radius 3 is 2.80 bits per heavy atom. The van der Waals surface area contributed by atoms with Gasteiger partial charge in [-0.3, -0.25) is 0 Å². The van der Waals surface area contributed by atoms with E-state index in [4.69, 9.17) is 5.11 Å². The number of nitrogens with one attached hydrogen (secondary N) is 1. The van der Waals surface area contributed by atoms with Gasteiger partial charge in [0.1, 0.15) is 5.82 Å². The SMILES string of the molecule is OCCC1(CNc2ccc3nnc(C(F)F)n3n2)CC1. The molecule has 8 heteroatoms. The van der Waals surface area contributed by atoms with Gasteiger partial charge in [-0.25, -0.2) is 8.78 Å². The minimum atomic E-state index is -2.71. The first-order valence-corrected chi connectivity index (χ1v) is 6.49. The highest BCUT2D eigenvalue weighted by Crippen LogP contribution is 2.48. The highest BCUT2D eigenvalue weighted by Gasteiger charge is 2.41. The number of alkyl halides is 2. The zero-order valence-corrected chi connectivity index (χ0v) is 10.8. The monoisotopic (exact) mass is 283 g/mol. The summed E-state index contributed by atoms with van der Waals surface area (Å²) < 4.78 is 26.5. The van der Waals surface area contributed by atoms with Gasteiger partial charge in [0.2, 0.25) is 5.82 Å². The highest BCUT2D eigenvalue weighted by molar-refractivity contribution is 5.44. The lowest BCUT2D eigenvalue weighted by molar-refractivity contribution is 0.137. The van der Waals surface area contributed by atoms with Crippen molar-refractivity contribution in [3.05, 3.63) is 18.0 Å². The molecule has 0 spiro atoms. The lowest BCUT2D eigenvalue weighted by Gasteiger charge is -2.14. The number of hydrogen-bond acceptors (Lipinski definition) is 5. The predicted octanol–water partition coefficient (Wildman–Crippen LogP) is 1.64. The Bertz CT molecular complexity index is 611. The zero-order chi connectivity index (χ0) is 14.2. The molecule has 0 radical (unpaired) electrons. The van der Waals surface area contributed by atoms with Gasteiger partial charge in [-0.1, -0.05) is 0 Å². The molecule has 0 aromatic carbocycles. The number of nitrogens with zero attached hydrogens (tertiary/aromatic N) is 4. The zero-order valence-electron chi connectivity index (χ0n) is 10.8. The van der Waals surface area contributed by atoms with E-state index in [9.17, 15) is 8.78 Å². The molecule has 108 valence electrons. The van der Waals surface area contributed by atoms with E-state index < -0.39 is 12.2 Å². The van der Waals surface area contributed by atoms with Gasteiger partial charge in [-0.2, -0.15) is 4.52 Å². The molecule has 0 atom stereocenters. The molecular formula is C12H15F2N5O. The number of aliphatic hydroxyl groups excluding tert-OH is 1. The molecule has 2 heterocycles. The van der Waals surface area contributed by atoms with Crippen LogP contribution in [-0.2, 0) is 0 Å². The largest absolute Gasteiger partial charge is 0.396 e. The Morgan fingerprint density at radius 1 is 1.35 bits per heavy atom. The molecule has 0 aliphatic heterocycles. The van der Waals surface area contributed by atoms with Gasteiger partial charge in [-0.15, -0.1) is 15.3 Å². The summed E-state index contributed by atoms with van der Waals surface area (Å²) in [4.78, 5) is 0. The summed E-state index contributed by atoms with van der Waals surface area (Å²) in [6, 6.07) is 3.29. The fourth-order valence-corrected chi connectivity index (χ4v) is 2.24. The van der Waals surface area contributed by atoms with E-state index in [1.165, 1.54) is 0 Å². The van der Waals surface area contributed by atoms with Crippen molar-refractivity contribution in [1.82, 2.24) is 19.8 Å². The van der Waals surface area contributed by atoms with Crippen molar-refractivity contribution in [2.24, 2.45) is 5.41 Å². The lowest BCUT2D eigenvalue weighted by atomic mass is 10.0. The molecule has 2 N–H and O–H groups in total. The van der Waals surface area contributed by atoms with Crippen molar-refractivity contribution in [2.75, 3.05) is 18.5 Å². The van der Waals surface area contributed by atoms with Crippen molar-refractivity contribution in [3.63, 3.8) is 0 Å². The topological polar surface area (TPSA) is 75.3 Å². The summed E-state index contributed by atoms with van der Waals surface area (Å²) in [5.74, 6) is 0.0450. The minimum absolute atomic E-state index is 0.129. The number of aromatic nitrogens is 4. The Morgan fingerprint density at radius 2 is 2.15 bits per heavy atom. The van der Waals surface area contributed by atoms with E-state index in [2.05, 4.69) is 20.6 Å².